The van der Waals surface area contributed by atoms with Crippen LogP contribution in [0, 0.1) is 30.1 Å². The Morgan fingerprint density at radius 3 is 2.56 bits per heavy atom. The van der Waals surface area contributed by atoms with Crippen molar-refractivity contribution in [3.8, 4) is 11.1 Å². The highest BCUT2D eigenvalue weighted by molar-refractivity contribution is 7.19. The fourth-order valence-electron chi connectivity index (χ4n) is 6.09. The van der Waals surface area contributed by atoms with Crippen LogP contribution in [0.1, 0.15) is 30.7 Å². The van der Waals surface area contributed by atoms with Crippen molar-refractivity contribution in [2.45, 2.75) is 33.7 Å². The monoisotopic (exact) mass is 566 g/mol. The third kappa shape index (κ3) is 4.17. The fourth-order valence-corrected chi connectivity index (χ4v) is 7.49. The molecular formula is C28H27ClN4O5S. The lowest BCUT2D eigenvalue weighted by atomic mass is 9.99. The van der Waals surface area contributed by atoms with Crippen molar-refractivity contribution in [1.82, 2.24) is 14.8 Å². The van der Waals surface area contributed by atoms with Gasteiger partial charge in [0.2, 0.25) is 17.7 Å². The van der Waals surface area contributed by atoms with Crippen LogP contribution in [0.15, 0.2) is 30.5 Å². The summed E-state index contributed by atoms with van der Waals surface area (Å²) in [6, 6.07) is 7.32. The number of aryl methyl sites for hydroxylation is 1. The summed E-state index contributed by atoms with van der Waals surface area (Å²) in [5, 5.41) is 12.8. The molecule has 3 atom stereocenters. The van der Waals surface area contributed by atoms with Crippen molar-refractivity contribution in [2.75, 3.05) is 18.4 Å². The minimum Gasteiger partial charge on any atom is -0.465 e. The van der Waals surface area contributed by atoms with Gasteiger partial charge in [-0.05, 0) is 48.6 Å². The largest absolute Gasteiger partial charge is 0.465 e. The third-order valence-corrected chi connectivity index (χ3v) is 9.70. The van der Waals surface area contributed by atoms with Crippen LogP contribution in [0.3, 0.4) is 0 Å². The minimum atomic E-state index is -1.03. The zero-order chi connectivity index (χ0) is 27.8. The van der Waals surface area contributed by atoms with E-state index >= 15 is 0 Å². The lowest BCUT2D eigenvalue weighted by Gasteiger charge is -2.19. The van der Waals surface area contributed by atoms with E-state index in [-0.39, 0.29) is 48.1 Å². The van der Waals surface area contributed by atoms with Crippen LogP contribution in [0.5, 0.6) is 0 Å². The first kappa shape index (κ1) is 25.8. The molecule has 2 N–H and O–H groups in total. The van der Waals surface area contributed by atoms with E-state index in [2.05, 4.69) is 10.3 Å². The van der Waals surface area contributed by atoms with Crippen molar-refractivity contribution in [2.24, 2.45) is 23.2 Å². The number of nitrogens with one attached hydrogen (secondary N) is 1. The maximum Gasteiger partial charge on any atom is 0.407 e. The molecule has 1 aliphatic carbocycles. The molecule has 0 bridgehead atoms. The molecule has 2 aromatic heterocycles. The summed E-state index contributed by atoms with van der Waals surface area (Å²) in [4.78, 5) is 58.2. The standard InChI is InChI=1S/C28H27ClN4O5S/c1-13-8-15(29)9-18(22(13)31-24(34)14-5-7-32(11-14)27(37)38)17-4-6-30-19-10-16(39-23(17)19)12-33-25(35)20-21(26(33)36)28(20,2)3/h4,6,8-10,14,20-21H,5,7,11-12H2,1-3H3,(H,31,34)(H,37,38)/t14-,20?,21?/m0/s1. The number of anilines is 1. The molecule has 0 spiro atoms. The first-order valence-electron chi connectivity index (χ1n) is 12.8. The maximum absolute atomic E-state index is 13.2. The van der Waals surface area contributed by atoms with E-state index in [9.17, 15) is 24.3 Å². The van der Waals surface area contributed by atoms with Crippen molar-refractivity contribution in [3.05, 3.63) is 45.9 Å². The van der Waals surface area contributed by atoms with Crippen LogP contribution in [0.25, 0.3) is 21.3 Å². The number of hydrogen-bond donors (Lipinski definition) is 2. The van der Waals surface area contributed by atoms with E-state index in [0.717, 1.165) is 31.8 Å². The number of benzene rings is 1. The van der Waals surface area contributed by atoms with Crippen molar-refractivity contribution < 1.29 is 24.3 Å². The Labute approximate surface area is 233 Å². The van der Waals surface area contributed by atoms with E-state index in [1.54, 1.807) is 18.3 Å². The van der Waals surface area contributed by atoms with Gasteiger partial charge in [0.1, 0.15) is 0 Å². The number of carbonyl (C=O) groups excluding carboxylic acids is 3. The Bertz CT molecular complexity index is 1560. The molecule has 2 saturated heterocycles. The van der Waals surface area contributed by atoms with Gasteiger partial charge in [-0.25, -0.2) is 4.79 Å². The summed E-state index contributed by atoms with van der Waals surface area (Å²) in [7, 11) is 0. The average Bonchev–Trinajstić information content (AvgIpc) is 3.31. The molecule has 11 heteroatoms. The number of thiophene rings is 1. The smallest absolute Gasteiger partial charge is 0.407 e. The number of likely N-dealkylation sites (tertiary alicyclic amines) is 2. The molecule has 3 aromatic rings. The molecule has 2 unspecified atom stereocenters. The molecule has 2 aliphatic heterocycles. The molecule has 4 heterocycles. The number of fused-ring (bicyclic) bond motifs is 2. The number of nitrogens with zero attached hydrogens (tertiary/aromatic N) is 3. The van der Waals surface area contributed by atoms with Gasteiger partial charge in [0.25, 0.3) is 0 Å². The van der Waals surface area contributed by atoms with Crippen LogP contribution in [0.2, 0.25) is 5.02 Å². The highest BCUT2D eigenvalue weighted by Gasteiger charge is 2.72. The number of pyridine rings is 1. The highest BCUT2D eigenvalue weighted by Crippen LogP contribution is 2.63. The van der Waals surface area contributed by atoms with Gasteiger partial charge in [-0.2, -0.15) is 0 Å². The predicted octanol–water partition coefficient (Wildman–Crippen LogP) is 5.00. The number of rotatable bonds is 5. The molecule has 3 aliphatic rings. The van der Waals surface area contributed by atoms with Crippen molar-refractivity contribution in [1.29, 1.82) is 0 Å². The number of carboxylic acid groups (broad SMARTS) is 1. The first-order valence-corrected chi connectivity index (χ1v) is 14.0. The molecule has 6 rings (SSSR count). The van der Waals surface area contributed by atoms with Gasteiger partial charge in [0.05, 0.1) is 40.2 Å². The average molecular weight is 567 g/mol. The summed E-state index contributed by atoms with van der Waals surface area (Å²) < 4.78 is 0.854. The third-order valence-electron chi connectivity index (χ3n) is 8.34. The SMILES string of the molecule is Cc1cc(Cl)cc(-c2ccnc3cc(CN4C(=O)C5C(C4=O)C5(C)C)sc23)c1NC(=O)[C@H]1CCN(C(=O)O)C1. The van der Waals surface area contributed by atoms with Crippen LogP contribution in [-0.4, -0.2) is 56.8 Å². The second kappa shape index (κ2) is 9.02. The van der Waals surface area contributed by atoms with E-state index in [0.29, 0.717) is 23.7 Å². The number of amides is 4. The quantitative estimate of drug-likeness (QED) is 0.419. The highest BCUT2D eigenvalue weighted by atomic mass is 35.5. The minimum absolute atomic E-state index is 0.107. The molecule has 4 amide bonds. The summed E-state index contributed by atoms with van der Waals surface area (Å²) in [6.07, 6.45) is 1.11. The summed E-state index contributed by atoms with van der Waals surface area (Å²) in [5.74, 6) is -1.35. The first-order chi connectivity index (χ1) is 18.5. The zero-order valence-corrected chi connectivity index (χ0v) is 23.2. The van der Waals surface area contributed by atoms with E-state index in [1.165, 1.54) is 21.1 Å². The molecule has 0 radical (unpaired) electrons. The number of halogens is 1. The van der Waals surface area contributed by atoms with Gasteiger partial charge < -0.3 is 15.3 Å². The van der Waals surface area contributed by atoms with Gasteiger partial charge in [-0.15, -0.1) is 11.3 Å². The Kier molecular flexibility index (Phi) is 5.96. The Morgan fingerprint density at radius 1 is 1.18 bits per heavy atom. The number of hydrogen-bond acceptors (Lipinski definition) is 6. The summed E-state index contributed by atoms with van der Waals surface area (Å²) >= 11 is 7.91. The van der Waals surface area contributed by atoms with Crippen LogP contribution < -0.4 is 5.32 Å². The van der Waals surface area contributed by atoms with Crippen LogP contribution >= 0.6 is 22.9 Å². The van der Waals surface area contributed by atoms with E-state index in [4.69, 9.17) is 11.6 Å². The molecule has 1 saturated carbocycles. The van der Waals surface area contributed by atoms with Crippen LogP contribution in [0.4, 0.5) is 10.5 Å². The molecule has 39 heavy (non-hydrogen) atoms. The normalized spacial score (nSPS) is 23.4. The number of aromatic nitrogens is 1. The van der Waals surface area contributed by atoms with Gasteiger partial charge in [0, 0.05) is 40.3 Å². The number of imide groups is 1. The number of piperidine rings is 1. The Balaban J connectivity index is 1.31. The molecule has 202 valence electrons. The topological polar surface area (TPSA) is 120 Å². The molecular weight excluding hydrogens is 540 g/mol. The molecule has 9 nitrogen and oxygen atoms in total. The van der Waals surface area contributed by atoms with E-state index in [1.807, 2.05) is 32.9 Å². The van der Waals surface area contributed by atoms with Crippen LogP contribution in [-0.2, 0) is 20.9 Å². The Hall–Kier alpha value is -3.50. The predicted molar refractivity (Wildman–Crippen MR) is 147 cm³/mol. The van der Waals surface area contributed by atoms with E-state index < -0.39 is 12.0 Å². The second-order valence-electron chi connectivity index (χ2n) is 11.2. The second-order valence-corrected chi connectivity index (χ2v) is 12.7. The zero-order valence-electron chi connectivity index (χ0n) is 21.7. The lowest BCUT2D eigenvalue weighted by Crippen LogP contribution is -2.35. The fraction of sp³-hybridized carbons (Fsp3) is 0.393. The molecule has 1 aromatic carbocycles. The number of carbonyl (C=O) groups is 4. The Morgan fingerprint density at radius 2 is 1.90 bits per heavy atom. The molecule has 3 fully saturated rings. The van der Waals surface area contributed by atoms with Crippen molar-refractivity contribution in [3.63, 3.8) is 0 Å². The van der Waals surface area contributed by atoms with Crippen molar-refractivity contribution >= 4 is 62.7 Å². The van der Waals surface area contributed by atoms with Gasteiger partial charge in [-0.1, -0.05) is 25.4 Å². The van der Waals surface area contributed by atoms with Gasteiger partial charge in [-0.3, -0.25) is 24.3 Å². The van der Waals surface area contributed by atoms with Gasteiger partial charge in [0.15, 0.2) is 0 Å². The summed E-state index contributed by atoms with van der Waals surface area (Å²) in [5.41, 5.74) is 3.38. The summed E-state index contributed by atoms with van der Waals surface area (Å²) in [6.45, 7) is 6.47. The lowest BCUT2D eigenvalue weighted by molar-refractivity contribution is -0.143. The van der Waals surface area contributed by atoms with Gasteiger partial charge >= 0.3 is 6.09 Å². The maximum atomic E-state index is 13.2.